The predicted molar refractivity (Wildman–Crippen MR) is 132 cm³/mol. The second-order valence-electron chi connectivity index (χ2n) is 9.44. The lowest BCUT2D eigenvalue weighted by molar-refractivity contribution is -1.09. The summed E-state index contributed by atoms with van der Waals surface area (Å²) < 4.78 is 30.9. The molecule has 2 fully saturated rings. The topological polar surface area (TPSA) is 134 Å². The Bertz CT molecular complexity index is 1260. The second-order valence-corrected chi connectivity index (χ2v) is 9.44. The lowest BCUT2D eigenvalue weighted by atomic mass is 9.91. The summed E-state index contributed by atoms with van der Waals surface area (Å²) >= 11 is 0. The lowest BCUT2D eigenvalue weighted by Crippen LogP contribution is -2.60. The van der Waals surface area contributed by atoms with E-state index in [1.165, 1.54) is 30.3 Å². The van der Waals surface area contributed by atoms with Crippen molar-refractivity contribution in [1.29, 1.82) is 0 Å². The minimum Gasteiger partial charge on any atom is -0.473 e. The molecule has 4 rings (SSSR count). The van der Waals surface area contributed by atoms with Crippen LogP contribution >= 0.6 is 0 Å². The highest BCUT2D eigenvalue weighted by Gasteiger charge is 2.48. The summed E-state index contributed by atoms with van der Waals surface area (Å²) in [6.45, 7) is 1.11. The van der Waals surface area contributed by atoms with Gasteiger partial charge in [0, 0.05) is 24.5 Å². The molecular weight excluding hydrogens is 515 g/mol. The number of terminal acetylenes is 1. The maximum atomic E-state index is 13.5. The van der Waals surface area contributed by atoms with Crippen LogP contribution in [0, 0.1) is 28.3 Å². The molecule has 0 spiro atoms. The van der Waals surface area contributed by atoms with Gasteiger partial charge in [0.2, 0.25) is 0 Å². The minimum atomic E-state index is -1.73. The van der Waals surface area contributed by atoms with Crippen molar-refractivity contribution in [3.05, 3.63) is 70.0 Å². The van der Waals surface area contributed by atoms with Gasteiger partial charge in [-0.1, -0.05) is 30.2 Å². The van der Waals surface area contributed by atoms with Gasteiger partial charge in [0.05, 0.1) is 31.0 Å². The molecule has 0 saturated carbocycles. The number of hydrogen-bond acceptors (Lipinski definition) is 8. The number of nitrogens with zero attached hydrogens (tertiary/aromatic N) is 2. The molecule has 2 aromatic rings. The summed E-state index contributed by atoms with van der Waals surface area (Å²) in [7, 11) is 0. The van der Waals surface area contributed by atoms with Crippen molar-refractivity contribution in [2.45, 2.75) is 37.1 Å². The lowest BCUT2D eigenvalue weighted by Gasteiger charge is -2.43. The van der Waals surface area contributed by atoms with Crippen LogP contribution < -0.4 is 4.74 Å². The number of nitro benzene ring substituents is 1. The van der Waals surface area contributed by atoms with Crippen LogP contribution in [0.1, 0.15) is 31.2 Å². The Morgan fingerprint density at radius 2 is 1.77 bits per heavy atom. The first kappa shape index (κ1) is 28.0. The average molecular weight is 544 g/mol. The number of hydroxylamine groups is 3. The van der Waals surface area contributed by atoms with Gasteiger partial charge < -0.3 is 19.3 Å². The first-order valence-corrected chi connectivity index (χ1v) is 12.4. The molecule has 0 bridgehead atoms. The van der Waals surface area contributed by atoms with Gasteiger partial charge in [0.1, 0.15) is 25.5 Å². The number of para-hydroxylation sites is 2. The van der Waals surface area contributed by atoms with Crippen LogP contribution in [-0.4, -0.2) is 65.1 Å². The third-order valence-electron chi connectivity index (χ3n) is 7.04. The number of benzene rings is 2. The summed E-state index contributed by atoms with van der Waals surface area (Å²) in [5.74, 6) is -2.04. The maximum absolute atomic E-state index is 13.5. The van der Waals surface area contributed by atoms with Crippen molar-refractivity contribution in [1.82, 2.24) is 0 Å². The quantitative estimate of drug-likeness (QED) is 0.166. The van der Waals surface area contributed by atoms with Crippen LogP contribution in [0.15, 0.2) is 48.5 Å². The van der Waals surface area contributed by atoms with Gasteiger partial charge in [0.25, 0.3) is 0 Å². The van der Waals surface area contributed by atoms with Crippen LogP contribution in [0.25, 0.3) is 0 Å². The Labute approximate surface area is 223 Å². The summed E-state index contributed by atoms with van der Waals surface area (Å²) in [4.78, 5) is 39.7. The van der Waals surface area contributed by atoms with Gasteiger partial charge in [-0.05, 0) is 18.2 Å². The Morgan fingerprint density at radius 3 is 2.36 bits per heavy atom. The highest BCUT2D eigenvalue weighted by Crippen LogP contribution is 2.39. The zero-order valence-electron chi connectivity index (χ0n) is 21.0. The summed E-state index contributed by atoms with van der Waals surface area (Å²) in [6.07, 6.45) is 6.80. The number of quaternary nitrogens is 1. The van der Waals surface area contributed by atoms with E-state index >= 15 is 0 Å². The van der Waals surface area contributed by atoms with Crippen molar-refractivity contribution in [3.8, 4) is 18.1 Å². The molecule has 2 aliphatic rings. The van der Waals surface area contributed by atoms with Crippen molar-refractivity contribution in [3.63, 3.8) is 0 Å². The zero-order valence-corrected chi connectivity index (χ0v) is 21.0. The number of aliphatic carboxylic acids is 1. The van der Waals surface area contributed by atoms with Gasteiger partial charge in [-0.2, -0.15) is 0 Å². The number of carboxylic acid groups (broad SMARTS) is 1. The normalized spacial score (nSPS) is 23.9. The van der Waals surface area contributed by atoms with Crippen molar-refractivity contribution in [2.24, 2.45) is 0 Å². The minimum absolute atomic E-state index is 0.0137. The highest BCUT2D eigenvalue weighted by atomic mass is 19.1. The van der Waals surface area contributed by atoms with E-state index in [1.807, 2.05) is 0 Å². The van der Waals surface area contributed by atoms with E-state index in [0.717, 1.165) is 0 Å². The van der Waals surface area contributed by atoms with E-state index in [9.17, 15) is 29.2 Å². The average Bonchev–Trinajstić information content (AvgIpc) is 3.40. The Morgan fingerprint density at radius 1 is 1.13 bits per heavy atom. The standard InChI is InChI=1S/C27H27FN2O9/c1-2-26(38-23-7-4-3-6-22(23)29(34)35)13-16-30(17-14-26,39-25(33)24(31)32)15-5-12-27(36-18-19-37-27)20-8-10-21(28)11-9-20/h1,3-4,6-11H,5,12-19H2/p+1. The first-order valence-electron chi connectivity index (χ1n) is 12.4. The van der Waals surface area contributed by atoms with Crippen LogP contribution in [-0.2, 0) is 29.7 Å². The monoisotopic (exact) mass is 543 g/mol. The number of likely N-dealkylation sites (tertiary alicyclic amines) is 1. The van der Waals surface area contributed by atoms with E-state index in [1.54, 1.807) is 18.2 Å². The van der Waals surface area contributed by atoms with Crippen molar-refractivity contribution < 1.29 is 47.7 Å². The molecule has 0 aliphatic carbocycles. The van der Waals surface area contributed by atoms with Crippen molar-refractivity contribution in [2.75, 3.05) is 32.8 Å². The molecule has 2 heterocycles. The molecule has 206 valence electrons. The van der Waals surface area contributed by atoms with E-state index in [2.05, 4.69) is 5.92 Å². The van der Waals surface area contributed by atoms with Gasteiger partial charge in [-0.25, -0.2) is 14.0 Å². The molecule has 2 aromatic carbocycles. The molecule has 39 heavy (non-hydrogen) atoms. The summed E-state index contributed by atoms with van der Waals surface area (Å²) in [5, 5.41) is 20.6. The number of rotatable bonds is 9. The fourth-order valence-electron chi connectivity index (χ4n) is 4.98. The third kappa shape index (κ3) is 6.17. The van der Waals surface area contributed by atoms with E-state index < -0.39 is 34.1 Å². The Hall–Kier alpha value is -4.05. The fourth-order valence-corrected chi connectivity index (χ4v) is 4.98. The molecule has 1 N–H and O–H groups in total. The molecule has 0 atom stereocenters. The number of halogens is 1. The number of carbonyl (C=O) groups excluding carboxylic acids is 1. The van der Waals surface area contributed by atoms with Gasteiger partial charge >= 0.3 is 17.6 Å². The molecule has 2 saturated heterocycles. The number of nitro groups is 1. The van der Waals surface area contributed by atoms with Gasteiger partial charge in [0.15, 0.2) is 17.1 Å². The predicted octanol–water partition coefficient (Wildman–Crippen LogP) is 3.32. The molecule has 0 amide bonds. The fraction of sp³-hybridized carbons (Fsp3) is 0.407. The number of ether oxygens (including phenoxy) is 3. The van der Waals surface area contributed by atoms with E-state index in [0.29, 0.717) is 31.6 Å². The number of hydrogen-bond donors (Lipinski definition) is 1. The maximum Gasteiger partial charge on any atom is 0.473 e. The smallest absolute Gasteiger partial charge is 0.473 e. The molecule has 11 nitrogen and oxygen atoms in total. The van der Waals surface area contributed by atoms with Crippen LogP contribution in [0.3, 0.4) is 0 Å². The highest BCUT2D eigenvalue weighted by molar-refractivity contribution is 6.28. The molecular formula is C27H28FN2O9+. The molecule has 0 radical (unpaired) electrons. The van der Waals surface area contributed by atoms with Crippen molar-refractivity contribution >= 4 is 17.6 Å². The number of carboxylic acids is 1. The van der Waals surface area contributed by atoms with E-state index in [4.69, 9.17) is 25.5 Å². The number of carbonyl (C=O) groups is 2. The molecule has 2 aliphatic heterocycles. The zero-order chi connectivity index (χ0) is 28.1. The summed E-state index contributed by atoms with van der Waals surface area (Å²) in [5.41, 5.74) is -0.826. The van der Waals surface area contributed by atoms with Crippen LogP contribution in [0.5, 0.6) is 5.75 Å². The Kier molecular flexibility index (Phi) is 8.15. The Balaban J connectivity index is 1.50. The van der Waals surface area contributed by atoms with E-state index in [-0.39, 0.29) is 48.6 Å². The first-order chi connectivity index (χ1) is 18.6. The van der Waals surface area contributed by atoms with Gasteiger partial charge in [-0.15, -0.1) is 11.1 Å². The van der Waals surface area contributed by atoms with Crippen LogP contribution in [0.4, 0.5) is 10.1 Å². The SMILES string of the molecule is C#CC1(Oc2ccccc2[N+](=O)[O-])CC[N+](CCCC2(c3ccc(F)cc3)OCCO2)(OC(=O)C(=O)O)CC1. The van der Waals surface area contributed by atoms with Gasteiger partial charge in [-0.3, -0.25) is 15.0 Å². The molecule has 0 aromatic heterocycles. The third-order valence-corrected chi connectivity index (χ3v) is 7.04. The molecule has 12 heteroatoms. The largest absolute Gasteiger partial charge is 0.473 e. The molecule has 0 unspecified atom stereocenters. The second kappa shape index (κ2) is 11.4. The summed E-state index contributed by atoms with van der Waals surface area (Å²) in [6, 6.07) is 11.6. The van der Waals surface area contributed by atoms with Crippen LogP contribution in [0.2, 0.25) is 0 Å². The number of piperidine rings is 1.